The van der Waals surface area contributed by atoms with Crippen LogP contribution >= 0.6 is 0 Å². The molecule has 0 spiro atoms. The minimum atomic E-state index is -0.276. The lowest BCUT2D eigenvalue weighted by atomic mass is 9.98. The number of rotatable bonds is 4. The Morgan fingerprint density at radius 3 is 3.14 bits per heavy atom. The van der Waals surface area contributed by atoms with Crippen LogP contribution in [0.4, 0.5) is 17.6 Å². The summed E-state index contributed by atoms with van der Waals surface area (Å²) in [6, 6.07) is 7.02. The van der Waals surface area contributed by atoms with Gasteiger partial charge in [-0.3, -0.25) is 4.79 Å². The van der Waals surface area contributed by atoms with Crippen molar-refractivity contribution in [2.45, 2.75) is 12.8 Å². The second-order valence-electron chi connectivity index (χ2n) is 5.37. The number of phenolic OH excluding ortho intramolecular Hbond substituents is 1. The predicted molar refractivity (Wildman–Crippen MR) is 82.0 cm³/mol. The summed E-state index contributed by atoms with van der Waals surface area (Å²) in [5.74, 6) is 0.342. The number of benzene rings is 1. The Morgan fingerprint density at radius 1 is 1.50 bits per heavy atom. The highest BCUT2D eigenvalue weighted by molar-refractivity contribution is 5.77. The number of carbonyl (C=O) groups excluding carboxylic acids is 1. The van der Waals surface area contributed by atoms with Gasteiger partial charge in [-0.15, -0.1) is 0 Å². The average Bonchev–Trinajstić information content (AvgIpc) is 2.96. The van der Waals surface area contributed by atoms with Gasteiger partial charge >= 0.3 is 6.01 Å². The zero-order valence-corrected chi connectivity index (χ0v) is 12.0. The highest BCUT2D eigenvalue weighted by Gasteiger charge is 2.26. The van der Waals surface area contributed by atoms with Crippen LogP contribution in [0.15, 0.2) is 34.9 Å². The first-order chi connectivity index (χ1) is 10.6. The maximum absolute atomic E-state index is 11.3. The Kier molecular flexibility index (Phi) is 3.86. The topological polar surface area (TPSA) is 105 Å². The van der Waals surface area contributed by atoms with Gasteiger partial charge in [0.2, 0.25) is 11.8 Å². The van der Waals surface area contributed by atoms with Crippen LogP contribution in [0.25, 0.3) is 0 Å². The van der Waals surface area contributed by atoms with Crippen LogP contribution < -0.4 is 16.0 Å². The molecule has 0 radical (unpaired) electrons. The van der Waals surface area contributed by atoms with Crippen molar-refractivity contribution in [3.8, 4) is 5.75 Å². The molecule has 2 heterocycles. The molecule has 4 N–H and O–H groups in total. The number of nitrogens with two attached hydrogens (primary N) is 1. The molecule has 22 heavy (non-hydrogen) atoms. The van der Waals surface area contributed by atoms with Crippen LogP contribution in [-0.4, -0.2) is 29.1 Å². The van der Waals surface area contributed by atoms with Crippen molar-refractivity contribution in [2.75, 3.05) is 23.3 Å². The van der Waals surface area contributed by atoms with Gasteiger partial charge in [0.1, 0.15) is 5.75 Å². The third kappa shape index (κ3) is 3.13. The molecule has 2 aromatic rings. The summed E-state index contributed by atoms with van der Waals surface area (Å²) in [5, 5.41) is 12.4. The van der Waals surface area contributed by atoms with Gasteiger partial charge < -0.3 is 25.5 Å². The molecule has 116 valence electrons. The maximum atomic E-state index is 11.3. The quantitative estimate of drug-likeness (QED) is 0.796. The Bertz CT molecular complexity index is 670. The number of nitrogens with one attached hydrogen (secondary N) is 1. The fourth-order valence-corrected chi connectivity index (χ4v) is 2.59. The van der Waals surface area contributed by atoms with E-state index in [2.05, 4.69) is 10.3 Å². The number of hydrogen-bond acceptors (Lipinski definition) is 6. The number of aromatic nitrogens is 1. The first-order valence-electron chi connectivity index (χ1n) is 7.18. The number of piperidine rings is 1. The van der Waals surface area contributed by atoms with Gasteiger partial charge in [0.25, 0.3) is 0 Å². The molecule has 0 aliphatic carbocycles. The third-order valence-corrected chi connectivity index (χ3v) is 3.73. The van der Waals surface area contributed by atoms with E-state index in [1.54, 1.807) is 30.5 Å². The summed E-state index contributed by atoms with van der Waals surface area (Å²) in [4.78, 5) is 17.5. The molecule has 7 nitrogen and oxygen atoms in total. The predicted octanol–water partition coefficient (Wildman–Crippen LogP) is 1.83. The maximum Gasteiger partial charge on any atom is 0.300 e. The summed E-state index contributed by atoms with van der Waals surface area (Å²) in [7, 11) is 0. The molecular formula is C15H18N4O3. The lowest BCUT2D eigenvalue weighted by Gasteiger charge is -2.30. The van der Waals surface area contributed by atoms with Gasteiger partial charge in [0.05, 0.1) is 12.1 Å². The summed E-state index contributed by atoms with van der Waals surface area (Å²) in [5.41, 5.74) is 6.06. The molecule has 7 heteroatoms. The first kappa shape index (κ1) is 14.2. The van der Waals surface area contributed by atoms with Crippen LogP contribution in [-0.2, 0) is 4.79 Å². The Balaban J connectivity index is 1.69. The lowest BCUT2D eigenvalue weighted by molar-refractivity contribution is -0.122. The highest BCUT2D eigenvalue weighted by atomic mass is 16.4. The van der Waals surface area contributed by atoms with E-state index in [1.807, 2.05) is 4.90 Å². The lowest BCUT2D eigenvalue weighted by Crippen LogP contribution is -2.41. The fraction of sp³-hybridized carbons (Fsp3) is 0.333. The largest absolute Gasteiger partial charge is 0.508 e. The van der Waals surface area contributed by atoms with Gasteiger partial charge in [0, 0.05) is 24.8 Å². The van der Waals surface area contributed by atoms with Gasteiger partial charge in [0.15, 0.2) is 0 Å². The minimum absolute atomic E-state index is 0.152. The van der Waals surface area contributed by atoms with Crippen molar-refractivity contribution in [2.24, 2.45) is 11.7 Å². The summed E-state index contributed by atoms with van der Waals surface area (Å²) < 4.78 is 5.66. The second kappa shape index (κ2) is 5.97. The van der Waals surface area contributed by atoms with Crippen LogP contribution in [0.2, 0.25) is 0 Å². The number of oxazole rings is 1. The standard InChI is InChI=1S/C15H18N4O3/c16-14(21)10-3-2-6-19(9-10)13-8-17-15(22-13)18-11-4-1-5-12(20)7-11/h1,4-5,7-8,10,20H,2-3,6,9H2,(H2,16,21)(H,17,18)/t10-/m1/s1. The van der Waals surface area contributed by atoms with Gasteiger partial charge in [-0.1, -0.05) is 6.07 Å². The number of hydrogen-bond donors (Lipinski definition) is 3. The van der Waals surface area contributed by atoms with Gasteiger partial charge in [-0.05, 0) is 25.0 Å². The summed E-state index contributed by atoms with van der Waals surface area (Å²) in [6.45, 7) is 1.36. The number of amides is 1. The van der Waals surface area contributed by atoms with E-state index >= 15 is 0 Å². The molecule has 0 unspecified atom stereocenters. The molecule has 1 aromatic carbocycles. The average molecular weight is 302 g/mol. The molecule has 1 aromatic heterocycles. The Labute approximate surface area is 127 Å². The van der Waals surface area contributed by atoms with E-state index in [9.17, 15) is 9.90 Å². The van der Waals surface area contributed by atoms with Crippen molar-refractivity contribution in [3.05, 3.63) is 30.5 Å². The molecule has 1 fully saturated rings. The van der Waals surface area contributed by atoms with E-state index in [1.165, 1.54) is 0 Å². The summed E-state index contributed by atoms with van der Waals surface area (Å²) in [6.07, 6.45) is 3.33. The highest BCUT2D eigenvalue weighted by Crippen LogP contribution is 2.27. The van der Waals surface area contributed by atoms with Crippen LogP contribution in [0, 0.1) is 5.92 Å². The first-order valence-corrected chi connectivity index (χ1v) is 7.18. The number of primary amides is 1. The van der Waals surface area contributed by atoms with Crippen LogP contribution in [0.1, 0.15) is 12.8 Å². The van der Waals surface area contributed by atoms with Gasteiger partial charge in [-0.25, -0.2) is 0 Å². The van der Waals surface area contributed by atoms with E-state index in [0.717, 1.165) is 19.4 Å². The van der Waals surface area contributed by atoms with Crippen molar-refractivity contribution >= 4 is 23.5 Å². The molecule has 0 bridgehead atoms. The zero-order valence-electron chi connectivity index (χ0n) is 12.0. The summed E-state index contributed by atoms with van der Waals surface area (Å²) >= 11 is 0. The molecule has 3 rings (SSSR count). The number of carbonyl (C=O) groups is 1. The molecule has 0 saturated carbocycles. The third-order valence-electron chi connectivity index (χ3n) is 3.73. The van der Waals surface area contributed by atoms with Crippen molar-refractivity contribution in [1.82, 2.24) is 4.98 Å². The SMILES string of the molecule is NC(=O)[C@@H]1CCCN(c2cnc(Nc3cccc(O)c3)o2)C1. The fourth-order valence-electron chi connectivity index (χ4n) is 2.59. The molecule has 1 atom stereocenters. The molecule has 1 aliphatic rings. The van der Waals surface area contributed by atoms with Crippen molar-refractivity contribution in [3.63, 3.8) is 0 Å². The van der Waals surface area contributed by atoms with E-state index in [0.29, 0.717) is 24.1 Å². The minimum Gasteiger partial charge on any atom is -0.508 e. The Hall–Kier alpha value is -2.70. The van der Waals surface area contributed by atoms with Crippen molar-refractivity contribution in [1.29, 1.82) is 0 Å². The van der Waals surface area contributed by atoms with E-state index in [-0.39, 0.29) is 17.6 Å². The zero-order chi connectivity index (χ0) is 15.5. The number of phenols is 1. The van der Waals surface area contributed by atoms with E-state index < -0.39 is 0 Å². The van der Waals surface area contributed by atoms with E-state index in [4.69, 9.17) is 10.2 Å². The normalized spacial score (nSPS) is 18.2. The Morgan fingerprint density at radius 2 is 2.36 bits per heavy atom. The molecular weight excluding hydrogens is 284 g/mol. The molecule has 1 amide bonds. The number of anilines is 3. The molecule has 1 aliphatic heterocycles. The smallest absolute Gasteiger partial charge is 0.300 e. The molecule has 1 saturated heterocycles. The van der Waals surface area contributed by atoms with Crippen molar-refractivity contribution < 1.29 is 14.3 Å². The number of aromatic hydroxyl groups is 1. The second-order valence-corrected chi connectivity index (χ2v) is 5.37. The monoisotopic (exact) mass is 302 g/mol. The van der Waals surface area contributed by atoms with Crippen LogP contribution in [0.5, 0.6) is 5.75 Å². The van der Waals surface area contributed by atoms with Crippen LogP contribution in [0.3, 0.4) is 0 Å². The number of nitrogens with zero attached hydrogens (tertiary/aromatic N) is 2. The van der Waals surface area contributed by atoms with Gasteiger partial charge in [-0.2, -0.15) is 4.98 Å².